The Kier molecular flexibility index (Phi) is 9.96. The van der Waals surface area contributed by atoms with E-state index in [2.05, 4.69) is 25.2 Å². The third-order valence-electron chi connectivity index (χ3n) is 0.375. The number of rotatable bonds is 0. The van der Waals surface area contributed by atoms with Crippen molar-refractivity contribution in [1.82, 2.24) is 0 Å². The Morgan fingerprint density at radius 3 is 1.44 bits per heavy atom. The molecule has 0 unspecified atom stereocenters. The maximum absolute atomic E-state index is 6.67. The van der Waals surface area contributed by atoms with Crippen LogP contribution < -0.4 is 0 Å². The molecule has 0 rings (SSSR count). The van der Waals surface area contributed by atoms with Crippen LogP contribution in [0, 0.1) is 12.0 Å². The molecule has 9 heavy (non-hydrogen) atoms. The molecule has 0 atom stereocenters. The number of halogens is 2. The van der Waals surface area contributed by atoms with E-state index in [4.69, 9.17) is 25.8 Å². The first-order chi connectivity index (χ1) is 3.97. The summed E-state index contributed by atoms with van der Waals surface area (Å²) < 4.78 is 0. The second-order valence-electron chi connectivity index (χ2n) is 2.48. The molecular weight excluding hydrogens is 224 g/mol. The molecule has 0 saturated heterocycles. The molecule has 0 aromatic carbocycles. The van der Waals surface area contributed by atoms with E-state index in [1.54, 1.807) is 0 Å². The van der Waals surface area contributed by atoms with Gasteiger partial charge in [0.15, 0.2) is 0 Å². The summed E-state index contributed by atoms with van der Waals surface area (Å²) >= 11 is -0.931. The molecule has 0 spiro atoms. The fraction of sp³-hybridized carbons (Fsp3) is 0.600. The van der Waals surface area contributed by atoms with Crippen molar-refractivity contribution in [3.05, 3.63) is 6.42 Å². The molecule has 1 radical (unpaired) electrons. The van der Waals surface area contributed by atoms with Crippen molar-refractivity contribution in [2.75, 3.05) is 0 Å². The van der Waals surface area contributed by atoms with Crippen LogP contribution in [0.1, 0.15) is 0 Å². The van der Waals surface area contributed by atoms with Crippen LogP contribution in [0.4, 0.5) is 0 Å². The first-order valence-corrected chi connectivity index (χ1v) is 13.8. The van der Waals surface area contributed by atoms with Crippen LogP contribution in [-0.2, 0) is 15.1 Å². The zero-order valence-corrected chi connectivity index (χ0v) is 11.4. The zero-order chi connectivity index (χ0) is 7.91. The Morgan fingerprint density at radius 2 is 1.44 bits per heavy atom. The topological polar surface area (TPSA) is 0 Å². The molecule has 49 valence electrons. The first kappa shape index (κ1) is 12.6. The van der Waals surface area contributed by atoms with Gasteiger partial charge in [0.2, 0.25) is 0 Å². The van der Waals surface area contributed by atoms with E-state index in [1.807, 2.05) is 0 Å². The summed E-state index contributed by atoms with van der Waals surface area (Å²) in [6, 6.07) is 0. The normalized spacial score (nSPS) is 8.00. The van der Waals surface area contributed by atoms with E-state index >= 15 is 0 Å². The molecule has 0 aliphatic rings. The third-order valence-corrected chi connectivity index (χ3v) is 1.12. The van der Waals surface area contributed by atoms with Crippen LogP contribution in [0.5, 0.6) is 0 Å². The van der Waals surface area contributed by atoms with Gasteiger partial charge >= 0.3 is 34.5 Å². The Hall–Kier alpha value is 0.980. The SMILES string of the molecule is [C]#C[Si](C)(C)C.[Cl][Zn][Cl]. The molecule has 0 aromatic heterocycles. The predicted molar refractivity (Wildman–Crippen MR) is 42.2 cm³/mol. The second-order valence-corrected chi connectivity index (χ2v) is 11.8. The van der Waals surface area contributed by atoms with Gasteiger partial charge in [0, 0.05) is 0 Å². The summed E-state index contributed by atoms with van der Waals surface area (Å²) in [5.41, 5.74) is 2.49. The molecule has 0 aliphatic heterocycles. The second kappa shape index (κ2) is 7.09. The minimum atomic E-state index is -1.21. The van der Waals surface area contributed by atoms with Gasteiger partial charge in [-0.25, -0.2) is 0 Å². The van der Waals surface area contributed by atoms with E-state index < -0.39 is 23.2 Å². The molecule has 0 aliphatic carbocycles. The standard InChI is InChI=1S/C5H9Si.2ClH.Zn/c1-5-6(2,3)4;;;/h2-4H3;2*1H;/q;;;+2/p-2. The van der Waals surface area contributed by atoms with Crippen molar-refractivity contribution >= 4 is 27.5 Å². The number of hydrogen-bond donors (Lipinski definition) is 0. The van der Waals surface area contributed by atoms with E-state index in [9.17, 15) is 0 Å². The summed E-state index contributed by atoms with van der Waals surface area (Å²) in [7, 11) is 8.69. The summed E-state index contributed by atoms with van der Waals surface area (Å²) in [6.07, 6.45) is 6.67. The van der Waals surface area contributed by atoms with Gasteiger partial charge in [-0.3, -0.25) is 0 Å². The summed E-state index contributed by atoms with van der Waals surface area (Å²) in [5.74, 6) is 0. The van der Waals surface area contributed by atoms with Gasteiger partial charge in [0.1, 0.15) is 8.07 Å². The van der Waals surface area contributed by atoms with Crippen LogP contribution in [0.2, 0.25) is 19.6 Å². The first-order valence-electron chi connectivity index (χ1n) is 2.53. The van der Waals surface area contributed by atoms with Crippen LogP contribution in [0.25, 0.3) is 0 Å². The van der Waals surface area contributed by atoms with Crippen molar-refractivity contribution < 1.29 is 15.1 Å². The molecule has 0 heterocycles. The van der Waals surface area contributed by atoms with Crippen LogP contribution in [-0.4, -0.2) is 8.07 Å². The average Bonchev–Trinajstić information content (AvgIpc) is 1.67. The Balaban J connectivity index is 0. The van der Waals surface area contributed by atoms with Crippen LogP contribution in [0.3, 0.4) is 0 Å². The van der Waals surface area contributed by atoms with Gasteiger partial charge < -0.3 is 0 Å². The Labute approximate surface area is 74.0 Å². The fourth-order valence-corrected chi connectivity index (χ4v) is 0. The molecule has 0 nitrogen and oxygen atoms in total. The molecule has 0 aromatic rings. The predicted octanol–water partition coefficient (Wildman–Crippen LogP) is 2.83. The van der Waals surface area contributed by atoms with Gasteiger partial charge in [-0.05, 0) is 6.42 Å². The van der Waals surface area contributed by atoms with Crippen LogP contribution >= 0.6 is 19.4 Å². The Morgan fingerprint density at radius 1 is 1.33 bits per heavy atom. The van der Waals surface area contributed by atoms with Gasteiger partial charge in [0.05, 0.1) is 0 Å². The molecule has 0 fully saturated rings. The van der Waals surface area contributed by atoms with E-state index in [0.717, 1.165) is 0 Å². The molecule has 4 heteroatoms. The monoisotopic (exact) mass is 231 g/mol. The molecule has 0 amide bonds. The van der Waals surface area contributed by atoms with Gasteiger partial charge in [-0.15, -0.1) is 5.54 Å². The van der Waals surface area contributed by atoms with Crippen LogP contribution in [0.15, 0.2) is 0 Å². The molecule has 0 saturated carbocycles. The average molecular weight is 234 g/mol. The van der Waals surface area contributed by atoms with E-state index in [0.29, 0.717) is 0 Å². The molecular formula is C5H9Cl2SiZn. The fourth-order valence-electron chi connectivity index (χ4n) is 0. The van der Waals surface area contributed by atoms with Crippen molar-refractivity contribution in [3.63, 3.8) is 0 Å². The van der Waals surface area contributed by atoms with Gasteiger partial charge in [-0.1, -0.05) is 19.6 Å². The summed E-state index contributed by atoms with van der Waals surface area (Å²) in [5, 5.41) is 0. The maximum atomic E-state index is 6.67. The van der Waals surface area contributed by atoms with Crippen molar-refractivity contribution in [2.24, 2.45) is 0 Å². The van der Waals surface area contributed by atoms with Crippen molar-refractivity contribution in [1.29, 1.82) is 0 Å². The van der Waals surface area contributed by atoms with E-state index in [1.165, 1.54) is 0 Å². The van der Waals surface area contributed by atoms with Crippen molar-refractivity contribution in [2.45, 2.75) is 19.6 Å². The van der Waals surface area contributed by atoms with Gasteiger partial charge in [-0.2, -0.15) is 0 Å². The van der Waals surface area contributed by atoms with Gasteiger partial charge in [0.25, 0.3) is 0 Å². The number of hydrogen-bond acceptors (Lipinski definition) is 0. The summed E-state index contributed by atoms with van der Waals surface area (Å²) in [6.45, 7) is 6.25. The molecule has 0 N–H and O–H groups in total. The third kappa shape index (κ3) is 27.6. The Bertz CT molecular complexity index is 92.1. The minimum absolute atomic E-state index is 0.931. The van der Waals surface area contributed by atoms with E-state index in [-0.39, 0.29) is 0 Å². The summed E-state index contributed by atoms with van der Waals surface area (Å²) in [4.78, 5) is 0. The van der Waals surface area contributed by atoms with Crippen molar-refractivity contribution in [3.8, 4) is 5.54 Å². The molecule has 0 bridgehead atoms. The quantitative estimate of drug-likeness (QED) is 0.446. The zero-order valence-electron chi connectivity index (χ0n) is 5.96.